The fourth-order valence-electron chi connectivity index (χ4n) is 2.24. The minimum atomic E-state index is -0.756. The van der Waals surface area contributed by atoms with Gasteiger partial charge in [-0.1, -0.05) is 39.0 Å². The summed E-state index contributed by atoms with van der Waals surface area (Å²) in [5.41, 5.74) is 5.73. The van der Waals surface area contributed by atoms with E-state index < -0.39 is 17.4 Å². The highest BCUT2D eigenvalue weighted by Gasteiger charge is 2.35. The molecule has 1 fully saturated rings. The molecule has 0 aromatic rings. The molecule has 14 heavy (non-hydrogen) atoms. The van der Waals surface area contributed by atoms with Crippen LogP contribution >= 0.6 is 0 Å². The van der Waals surface area contributed by atoms with Crippen molar-refractivity contribution in [3.8, 4) is 0 Å². The molecule has 1 aliphatic carbocycles. The number of carbonyl (C=O) groups is 1. The average Bonchev–Trinajstić information content (AvgIpc) is 2.10. The van der Waals surface area contributed by atoms with Crippen LogP contribution in [0.3, 0.4) is 0 Å². The monoisotopic (exact) mass is 199 g/mol. The number of nitrogens with two attached hydrogens (primary N) is 1. The van der Waals surface area contributed by atoms with Gasteiger partial charge in [-0.25, -0.2) is 0 Å². The lowest BCUT2D eigenvalue weighted by Crippen LogP contribution is -2.49. The normalized spacial score (nSPS) is 24.7. The van der Waals surface area contributed by atoms with E-state index in [0.717, 1.165) is 25.7 Å². The van der Waals surface area contributed by atoms with Crippen LogP contribution in [0.25, 0.3) is 0 Å². The van der Waals surface area contributed by atoms with Crippen molar-refractivity contribution in [2.75, 3.05) is 0 Å². The second-order valence-electron chi connectivity index (χ2n) is 4.56. The third-order valence-corrected chi connectivity index (χ3v) is 3.52. The summed E-state index contributed by atoms with van der Waals surface area (Å²) in [6, 6.07) is 0. The number of hydrogen-bond acceptors (Lipinski definition) is 2. The Bertz CT molecular complexity index is 195. The molecule has 0 aromatic heterocycles. The summed E-state index contributed by atoms with van der Waals surface area (Å²) >= 11 is 0. The molecule has 0 spiro atoms. The van der Waals surface area contributed by atoms with Gasteiger partial charge in [0.05, 0.1) is 5.92 Å². The van der Waals surface area contributed by atoms with Crippen LogP contribution in [0.15, 0.2) is 0 Å². The molecule has 0 radical (unpaired) electrons. The fourth-order valence-corrected chi connectivity index (χ4v) is 2.24. The van der Waals surface area contributed by atoms with E-state index in [1.54, 1.807) is 6.92 Å². The Balaban J connectivity index is 2.62. The third kappa shape index (κ3) is 2.71. The number of carboxylic acid groups (broad SMARTS) is 1. The number of hydrogen-bond donors (Lipinski definition) is 2. The molecule has 0 saturated heterocycles. The van der Waals surface area contributed by atoms with Crippen molar-refractivity contribution in [1.82, 2.24) is 0 Å². The van der Waals surface area contributed by atoms with Crippen LogP contribution in [0.1, 0.15) is 51.9 Å². The van der Waals surface area contributed by atoms with Gasteiger partial charge < -0.3 is 10.8 Å². The first-order valence-electron chi connectivity index (χ1n) is 5.58. The zero-order valence-corrected chi connectivity index (χ0v) is 8.96. The highest BCUT2D eigenvalue weighted by Crippen LogP contribution is 2.30. The van der Waals surface area contributed by atoms with Crippen molar-refractivity contribution in [2.24, 2.45) is 11.7 Å². The van der Waals surface area contributed by atoms with Crippen molar-refractivity contribution in [3.63, 3.8) is 0 Å². The fraction of sp³-hybridized carbons (Fsp3) is 0.909. The Morgan fingerprint density at radius 3 is 2.07 bits per heavy atom. The zero-order valence-electron chi connectivity index (χ0n) is 8.96. The summed E-state index contributed by atoms with van der Waals surface area (Å²) in [5, 5.41) is 8.98. The molecule has 1 rings (SSSR count). The molecule has 3 heteroatoms. The zero-order chi connectivity index (χ0) is 10.6. The maximum atomic E-state index is 10.9. The van der Waals surface area contributed by atoms with Crippen molar-refractivity contribution in [1.29, 1.82) is 0 Å². The Hall–Kier alpha value is -0.570. The maximum Gasteiger partial charge on any atom is 0.308 e. The summed E-state index contributed by atoms with van der Waals surface area (Å²) in [5.74, 6) is -1.17. The smallest absolute Gasteiger partial charge is 0.308 e. The second kappa shape index (κ2) is 4.78. The Labute approximate surface area is 85.7 Å². The minimum Gasteiger partial charge on any atom is -0.481 e. The van der Waals surface area contributed by atoms with Crippen LogP contribution in [-0.2, 0) is 4.79 Å². The van der Waals surface area contributed by atoms with E-state index in [2.05, 4.69) is 0 Å². The minimum absolute atomic E-state index is 0.416. The van der Waals surface area contributed by atoms with Gasteiger partial charge in [0.2, 0.25) is 0 Å². The van der Waals surface area contributed by atoms with Crippen molar-refractivity contribution >= 4 is 5.97 Å². The topological polar surface area (TPSA) is 63.3 Å². The van der Waals surface area contributed by atoms with E-state index in [1.807, 2.05) is 0 Å². The summed E-state index contributed by atoms with van der Waals surface area (Å²) in [4.78, 5) is 10.9. The van der Waals surface area contributed by atoms with Crippen LogP contribution in [-0.4, -0.2) is 16.6 Å². The average molecular weight is 199 g/mol. The molecule has 1 aliphatic rings. The molecule has 1 saturated carbocycles. The first-order valence-corrected chi connectivity index (χ1v) is 5.58. The van der Waals surface area contributed by atoms with E-state index >= 15 is 0 Å². The molecule has 82 valence electrons. The Morgan fingerprint density at radius 2 is 1.64 bits per heavy atom. The van der Waals surface area contributed by atoms with Gasteiger partial charge in [-0.3, -0.25) is 4.79 Å². The SMILES string of the molecule is CC(C(=O)O)C1(N)CCCCCCC1. The molecule has 3 nitrogen and oxygen atoms in total. The molecule has 0 bridgehead atoms. The summed E-state index contributed by atoms with van der Waals surface area (Å²) < 4.78 is 0. The third-order valence-electron chi connectivity index (χ3n) is 3.52. The van der Waals surface area contributed by atoms with Crippen molar-refractivity contribution in [2.45, 2.75) is 57.4 Å². The van der Waals surface area contributed by atoms with Crippen molar-refractivity contribution in [3.05, 3.63) is 0 Å². The molecular formula is C11H21NO2. The largest absolute Gasteiger partial charge is 0.481 e. The van der Waals surface area contributed by atoms with Gasteiger partial charge in [-0.15, -0.1) is 0 Å². The van der Waals surface area contributed by atoms with Gasteiger partial charge in [-0.2, -0.15) is 0 Å². The molecular weight excluding hydrogens is 178 g/mol. The van der Waals surface area contributed by atoms with Crippen LogP contribution in [0.2, 0.25) is 0 Å². The van der Waals surface area contributed by atoms with Gasteiger partial charge >= 0.3 is 5.97 Å². The van der Waals surface area contributed by atoms with Gasteiger partial charge in [0.15, 0.2) is 0 Å². The van der Waals surface area contributed by atoms with Crippen LogP contribution in [0.4, 0.5) is 0 Å². The molecule has 0 heterocycles. The second-order valence-corrected chi connectivity index (χ2v) is 4.56. The van der Waals surface area contributed by atoms with Crippen molar-refractivity contribution < 1.29 is 9.90 Å². The van der Waals surface area contributed by atoms with Gasteiger partial charge in [0, 0.05) is 5.54 Å². The lowest BCUT2D eigenvalue weighted by Gasteiger charge is -2.34. The van der Waals surface area contributed by atoms with Crippen LogP contribution in [0, 0.1) is 5.92 Å². The number of rotatable bonds is 2. The standard InChI is InChI=1S/C11H21NO2/c1-9(10(13)14)11(12)7-5-3-2-4-6-8-11/h9H,2-8,12H2,1H3,(H,13,14). The first kappa shape index (κ1) is 11.5. The summed E-state index contributed by atoms with van der Waals surface area (Å²) in [7, 11) is 0. The molecule has 3 N–H and O–H groups in total. The maximum absolute atomic E-state index is 10.9. The van der Waals surface area contributed by atoms with E-state index in [9.17, 15) is 4.79 Å². The highest BCUT2D eigenvalue weighted by molar-refractivity contribution is 5.71. The van der Waals surface area contributed by atoms with Gasteiger partial charge in [0.1, 0.15) is 0 Å². The van der Waals surface area contributed by atoms with Crippen LogP contribution in [0.5, 0.6) is 0 Å². The molecule has 1 unspecified atom stereocenters. The van der Waals surface area contributed by atoms with E-state index in [4.69, 9.17) is 10.8 Å². The number of aliphatic carboxylic acids is 1. The quantitative estimate of drug-likeness (QED) is 0.716. The summed E-state index contributed by atoms with van der Waals surface area (Å²) in [6.07, 6.45) is 7.55. The predicted octanol–water partition coefficient (Wildman–Crippen LogP) is 2.15. The Kier molecular flexibility index (Phi) is 3.93. The Morgan fingerprint density at radius 1 is 1.21 bits per heavy atom. The number of carboxylic acids is 1. The van der Waals surface area contributed by atoms with Gasteiger partial charge in [0.25, 0.3) is 0 Å². The van der Waals surface area contributed by atoms with E-state index in [1.165, 1.54) is 19.3 Å². The lowest BCUT2D eigenvalue weighted by molar-refractivity contribution is -0.143. The van der Waals surface area contributed by atoms with Crippen LogP contribution < -0.4 is 5.73 Å². The highest BCUT2D eigenvalue weighted by atomic mass is 16.4. The van der Waals surface area contributed by atoms with E-state index in [-0.39, 0.29) is 0 Å². The van der Waals surface area contributed by atoms with Gasteiger partial charge in [-0.05, 0) is 12.8 Å². The lowest BCUT2D eigenvalue weighted by atomic mass is 9.76. The first-order chi connectivity index (χ1) is 6.56. The summed E-state index contributed by atoms with van der Waals surface area (Å²) in [6.45, 7) is 1.74. The predicted molar refractivity (Wildman–Crippen MR) is 56.0 cm³/mol. The molecule has 0 amide bonds. The molecule has 0 aliphatic heterocycles. The molecule has 1 atom stereocenters. The van der Waals surface area contributed by atoms with E-state index in [0.29, 0.717) is 0 Å². The molecule has 0 aromatic carbocycles.